The van der Waals surface area contributed by atoms with Crippen LogP contribution in [-0.4, -0.2) is 115 Å². The van der Waals surface area contributed by atoms with Gasteiger partial charge in [-0.05, 0) is 34.7 Å². The van der Waals surface area contributed by atoms with Gasteiger partial charge in [0.25, 0.3) is 11.4 Å². The summed E-state index contributed by atoms with van der Waals surface area (Å²) in [5.41, 5.74) is 4.22. The maximum absolute atomic E-state index is 12.3. The Bertz CT molecular complexity index is 1510. The van der Waals surface area contributed by atoms with E-state index in [9.17, 15) is 25.0 Å². The first-order valence-corrected chi connectivity index (χ1v) is 17.2. The van der Waals surface area contributed by atoms with Crippen LogP contribution in [0.4, 0.5) is 21.9 Å². The molecular formula is C36H46N4O12. The first-order chi connectivity index (χ1) is 25.5. The van der Waals surface area contributed by atoms with Crippen molar-refractivity contribution in [2.45, 2.75) is 12.3 Å². The minimum atomic E-state index is -0.682. The van der Waals surface area contributed by atoms with E-state index in [0.29, 0.717) is 85.6 Å². The van der Waals surface area contributed by atoms with Crippen molar-refractivity contribution < 1.29 is 47.8 Å². The quantitative estimate of drug-likeness (QED) is 0.0610. The molecule has 16 heteroatoms. The van der Waals surface area contributed by atoms with Crippen molar-refractivity contribution in [1.82, 2.24) is 5.32 Å². The fourth-order valence-corrected chi connectivity index (χ4v) is 5.41. The molecule has 3 aromatic carbocycles. The van der Waals surface area contributed by atoms with Gasteiger partial charge in [-0.2, -0.15) is 0 Å². The zero-order chi connectivity index (χ0) is 36.8. The zero-order valence-electron chi connectivity index (χ0n) is 29.0. The van der Waals surface area contributed by atoms with Crippen molar-refractivity contribution in [2.75, 3.05) is 104 Å². The van der Waals surface area contributed by atoms with Crippen LogP contribution in [0, 0.1) is 20.2 Å². The fraction of sp³-hybridized carbons (Fsp3) is 0.472. The summed E-state index contributed by atoms with van der Waals surface area (Å²) < 4.78 is 38.4. The van der Waals surface area contributed by atoms with E-state index in [2.05, 4.69) is 34.9 Å². The summed E-state index contributed by atoms with van der Waals surface area (Å²) >= 11 is 0. The highest BCUT2D eigenvalue weighted by molar-refractivity contribution is 5.79. The van der Waals surface area contributed by atoms with E-state index in [4.69, 9.17) is 33.2 Å². The number of amides is 1. The predicted molar refractivity (Wildman–Crippen MR) is 191 cm³/mol. The van der Waals surface area contributed by atoms with Crippen molar-refractivity contribution in [3.05, 3.63) is 98.1 Å². The van der Waals surface area contributed by atoms with Crippen LogP contribution in [0.3, 0.4) is 0 Å². The molecular weight excluding hydrogens is 680 g/mol. The number of fused-ring (bicyclic) bond motifs is 3. The molecule has 0 saturated heterocycles. The Hall–Kier alpha value is -4.71. The lowest BCUT2D eigenvalue weighted by molar-refractivity contribution is -0.393. The average molecular weight is 727 g/mol. The van der Waals surface area contributed by atoms with E-state index in [1.807, 2.05) is 24.3 Å². The minimum absolute atomic E-state index is 0.0337. The third-order valence-electron chi connectivity index (χ3n) is 7.89. The minimum Gasteiger partial charge on any atom is -0.449 e. The Kier molecular flexibility index (Phi) is 17.7. The molecule has 0 fully saturated rings. The maximum Gasteiger partial charge on any atom is 0.407 e. The smallest absolute Gasteiger partial charge is 0.407 e. The van der Waals surface area contributed by atoms with Crippen molar-refractivity contribution in [2.24, 2.45) is 0 Å². The van der Waals surface area contributed by atoms with Gasteiger partial charge in [0.1, 0.15) is 12.3 Å². The number of carbonyl (C=O) groups excluding carboxylic acids is 1. The Labute approximate surface area is 301 Å². The fourth-order valence-electron chi connectivity index (χ4n) is 5.41. The molecule has 1 amide bonds. The van der Waals surface area contributed by atoms with Gasteiger partial charge in [0.2, 0.25) is 0 Å². The molecule has 0 aliphatic heterocycles. The van der Waals surface area contributed by atoms with Gasteiger partial charge in [-0.15, -0.1) is 0 Å². The highest BCUT2D eigenvalue weighted by Crippen LogP contribution is 2.44. The van der Waals surface area contributed by atoms with E-state index >= 15 is 0 Å². The highest BCUT2D eigenvalue weighted by atomic mass is 16.6. The summed E-state index contributed by atoms with van der Waals surface area (Å²) in [5, 5.41) is 27.6. The lowest BCUT2D eigenvalue weighted by Crippen LogP contribution is -2.27. The number of rotatable bonds is 27. The molecule has 0 heterocycles. The van der Waals surface area contributed by atoms with Gasteiger partial charge in [-0.3, -0.25) is 20.2 Å². The van der Waals surface area contributed by atoms with Crippen LogP contribution in [0.1, 0.15) is 23.5 Å². The van der Waals surface area contributed by atoms with Crippen LogP contribution in [-0.2, 0) is 33.2 Å². The van der Waals surface area contributed by atoms with Crippen LogP contribution < -0.4 is 10.6 Å². The van der Waals surface area contributed by atoms with E-state index in [1.165, 1.54) is 34.4 Å². The largest absolute Gasteiger partial charge is 0.449 e. The second-order valence-corrected chi connectivity index (χ2v) is 11.4. The van der Waals surface area contributed by atoms with Crippen LogP contribution in [0.15, 0.2) is 66.7 Å². The number of benzene rings is 3. The zero-order valence-corrected chi connectivity index (χ0v) is 29.0. The van der Waals surface area contributed by atoms with Crippen molar-refractivity contribution in [3.8, 4) is 11.1 Å². The Balaban J connectivity index is 0.860. The molecule has 1 aliphatic carbocycles. The van der Waals surface area contributed by atoms with Gasteiger partial charge >= 0.3 is 6.09 Å². The van der Waals surface area contributed by atoms with Crippen molar-refractivity contribution in [3.63, 3.8) is 0 Å². The second-order valence-electron chi connectivity index (χ2n) is 11.4. The third-order valence-corrected chi connectivity index (χ3v) is 7.89. The Morgan fingerprint density at radius 3 is 1.63 bits per heavy atom. The number of anilines is 1. The number of nitro benzene ring substituents is 2. The van der Waals surface area contributed by atoms with Crippen molar-refractivity contribution in [1.29, 1.82) is 0 Å². The summed E-state index contributed by atoms with van der Waals surface area (Å²) in [7, 11) is 0. The maximum atomic E-state index is 12.3. The Morgan fingerprint density at radius 1 is 0.615 bits per heavy atom. The van der Waals surface area contributed by atoms with Crippen LogP contribution in [0.2, 0.25) is 0 Å². The Morgan fingerprint density at radius 2 is 1.12 bits per heavy atom. The molecule has 282 valence electrons. The molecule has 0 radical (unpaired) electrons. The van der Waals surface area contributed by atoms with E-state index < -0.39 is 15.9 Å². The second kappa shape index (κ2) is 23.0. The first kappa shape index (κ1) is 40.1. The molecule has 2 N–H and O–H groups in total. The van der Waals surface area contributed by atoms with Crippen LogP contribution in [0.25, 0.3) is 11.1 Å². The number of carbonyl (C=O) groups is 1. The van der Waals surface area contributed by atoms with Crippen LogP contribution in [0.5, 0.6) is 0 Å². The topological polar surface area (TPSA) is 192 Å². The predicted octanol–water partition coefficient (Wildman–Crippen LogP) is 4.94. The molecule has 4 rings (SSSR count). The SMILES string of the molecule is O=C(NCCCOCCOCCOCCOCCOCCOCCNc1ccc([N+](=O)[O-])cc1[N+](=O)[O-])OCC1c2ccccc2-c2ccccc21. The van der Waals surface area contributed by atoms with Gasteiger partial charge in [0, 0.05) is 31.7 Å². The normalized spacial score (nSPS) is 11.9. The summed E-state index contributed by atoms with van der Waals surface area (Å²) in [6, 6.07) is 19.9. The number of hydrogen-bond acceptors (Lipinski definition) is 13. The molecule has 1 aliphatic rings. The molecule has 16 nitrogen and oxygen atoms in total. The number of nitrogens with zero attached hydrogens (tertiary/aromatic N) is 2. The number of non-ortho nitro benzene ring substituents is 1. The molecule has 0 spiro atoms. The average Bonchev–Trinajstić information content (AvgIpc) is 3.47. The number of nitro groups is 2. The van der Waals surface area contributed by atoms with Gasteiger partial charge in [0.15, 0.2) is 0 Å². The van der Waals surface area contributed by atoms with Crippen LogP contribution >= 0.6 is 0 Å². The number of ether oxygens (including phenoxy) is 7. The van der Waals surface area contributed by atoms with E-state index in [-0.39, 0.29) is 42.7 Å². The number of nitrogens with one attached hydrogen (secondary N) is 2. The lowest BCUT2D eigenvalue weighted by Gasteiger charge is -2.14. The molecule has 0 atom stereocenters. The molecule has 0 saturated carbocycles. The summed E-state index contributed by atoms with van der Waals surface area (Å²) in [6.45, 7) is 5.91. The molecule has 0 unspecified atom stereocenters. The third kappa shape index (κ3) is 13.4. The van der Waals surface area contributed by atoms with Gasteiger partial charge in [0.05, 0.1) is 88.6 Å². The van der Waals surface area contributed by atoms with Crippen molar-refractivity contribution >= 4 is 23.2 Å². The first-order valence-electron chi connectivity index (χ1n) is 17.2. The van der Waals surface area contributed by atoms with E-state index in [0.717, 1.165) is 6.07 Å². The molecule has 3 aromatic rings. The number of alkyl carbamates (subject to hydrolysis) is 1. The summed E-state index contributed by atoms with van der Waals surface area (Å²) in [6.07, 6.45) is 0.226. The summed E-state index contributed by atoms with van der Waals surface area (Å²) in [5.74, 6) is 0.0337. The summed E-state index contributed by atoms with van der Waals surface area (Å²) in [4.78, 5) is 32.9. The van der Waals surface area contributed by atoms with Gasteiger partial charge in [-0.25, -0.2) is 4.79 Å². The highest BCUT2D eigenvalue weighted by Gasteiger charge is 2.29. The van der Waals surface area contributed by atoms with E-state index in [1.54, 1.807) is 0 Å². The van der Waals surface area contributed by atoms with Gasteiger partial charge < -0.3 is 43.8 Å². The lowest BCUT2D eigenvalue weighted by atomic mass is 9.98. The molecule has 0 aromatic heterocycles. The number of hydrogen-bond donors (Lipinski definition) is 2. The van der Waals surface area contributed by atoms with Gasteiger partial charge in [-0.1, -0.05) is 48.5 Å². The standard InChI is InChI=1S/C36H46N4O12/c41-36(52-27-33-31-8-3-1-6-29(31)30-7-2-4-9-32(30)33)38-12-5-14-46-16-18-48-20-22-50-24-25-51-23-21-49-19-17-47-15-13-37-34-11-10-28(39(42)43)26-35(34)40(44)45/h1-4,6-11,26,33,37H,5,12-25,27H2,(H,38,41). The molecule has 52 heavy (non-hydrogen) atoms. The molecule has 0 bridgehead atoms. The monoisotopic (exact) mass is 726 g/mol.